The van der Waals surface area contributed by atoms with E-state index in [0.717, 1.165) is 43.2 Å². The van der Waals surface area contributed by atoms with Crippen LogP contribution in [0.2, 0.25) is 0 Å². The van der Waals surface area contributed by atoms with E-state index in [4.69, 9.17) is 9.72 Å². The molecule has 0 bridgehead atoms. The summed E-state index contributed by atoms with van der Waals surface area (Å²) in [6, 6.07) is 0.937. The zero-order valence-corrected chi connectivity index (χ0v) is 15.4. The Morgan fingerprint density at radius 3 is 2.88 bits per heavy atom. The van der Waals surface area contributed by atoms with Crippen molar-refractivity contribution >= 4 is 22.4 Å². The summed E-state index contributed by atoms with van der Waals surface area (Å²) in [7, 11) is 0. The highest BCUT2D eigenvalue weighted by Crippen LogP contribution is 2.57. The number of amides is 1. The van der Waals surface area contributed by atoms with Gasteiger partial charge in [0.05, 0.1) is 11.8 Å². The molecule has 1 aromatic rings. The normalized spacial score (nSPS) is 27.6. The van der Waals surface area contributed by atoms with Crippen molar-refractivity contribution < 1.29 is 9.53 Å². The number of rotatable bonds is 7. The Labute approximate surface area is 147 Å². The minimum absolute atomic E-state index is 0.110. The van der Waals surface area contributed by atoms with E-state index in [1.165, 1.54) is 19.3 Å². The molecular formula is C18H27N3O2S. The molecule has 1 N–H and O–H groups in total. The van der Waals surface area contributed by atoms with Crippen LogP contribution in [0.3, 0.4) is 0 Å². The van der Waals surface area contributed by atoms with Crippen LogP contribution in [0, 0.1) is 5.41 Å². The molecule has 1 aromatic heterocycles. The van der Waals surface area contributed by atoms with Gasteiger partial charge in [0.1, 0.15) is 0 Å². The Hall–Kier alpha value is -0.980. The molecule has 0 aromatic carbocycles. The Morgan fingerprint density at radius 2 is 2.29 bits per heavy atom. The second-order valence-electron chi connectivity index (χ2n) is 7.44. The van der Waals surface area contributed by atoms with E-state index in [-0.39, 0.29) is 5.91 Å². The van der Waals surface area contributed by atoms with Crippen molar-refractivity contribution in [1.82, 2.24) is 10.3 Å². The summed E-state index contributed by atoms with van der Waals surface area (Å²) < 4.78 is 5.92. The quantitative estimate of drug-likeness (QED) is 0.822. The standard InChI is InChI=1S/C18H27N3O2S/c1-3-23-16-9-15(18(16)7-4-8-18)19-10-13-11-24-17(20-13)21(12(2)22)14-5-6-14/h11,14-16,19H,3-10H2,1-2H3/t15-,16+/m0/s1. The van der Waals surface area contributed by atoms with Crippen LogP contribution in [0.15, 0.2) is 5.38 Å². The number of carbonyl (C=O) groups excluding carboxylic acids is 1. The van der Waals surface area contributed by atoms with E-state index < -0.39 is 0 Å². The first-order valence-electron chi connectivity index (χ1n) is 9.23. The summed E-state index contributed by atoms with van der Waals surface area (Å²) in [6.07, 6.45) is 7.69. The summed E-state index contributed by atoms with van der Waals surface area (Å²) in [5.41, 5.74) is 1.44. The van der Waals surface area contributed by atoms with Gasteiger partial charge in [-0.05, 0) is 39.0 Å². The molecule has 1 heterocycles. The molecule has 24 heavy (non-hydrogen) atoms. The molecule has 6 heteroatoms. The summed E-state index contributed by atoms with van der Waals surface area (Å²) in [4.78, 5) is 18.4. The molecule has 1 spiro atoms. The average Bonchev–Trinajstić information content (AvgIpc) is 3.19. The third-order valence-electron chi connectivity index (χ3n) is 5.96. The molecule has 1 amide bonds. The highest BCUT2D eigenvalue weighted by Gasteiger charge is 2.58. The van der Waals surface area contributed by atoms with Crippen LogP contribution in [0.25, 0.3) is 0 Å². The number of anilines is 1. The first-order valence-corrected chi connectivity index (χ1v) is 10.1. The van der Waals surface area contributed by atoms with Crippen LogP contribution in [0.4, 0.5) is 5.13 Å². The summed E-state index contributed by atoms with van der Waals surface area (Å²) in [5.74, 6) is 0.110. The molecule has 132 valence electrons. The van der Waals surface area contributed by atoms with E-state index >= 15 is 0 Å². The molecule has 5 nitrogen and oxygen atoms in total. The lowest BCUT2D eigenvalue weighted by atomic mass is 9.51. The molecule has 0 aliphatic heterocycles. The van der Waals surface area contributed by atoms with Gasteiger partial charge in [0.15, 0.2) is 5.13 Å². The molecule has 3 fully saturated rings. The monoisotopic (exact) mass is 349 g/mol. The minimum atomic E-state index is 0.110. The number of nitrogens with zero attached hydrogens (tertiary/aromatic N) is 2. The molecule has 3 aliphatic carbocycles. The highest BCUT2D eigenvalue weighted by atomic mass is 32.1. The maximum absolute atomic E-state index is 11.8. The SMILES string of the molecule is CCO[C@@H]1C[C@H](NCc2csc(N(C(C)=O)C3CC3)n2)C12CCC2. The molecule has 3 saturated carbocycles. The number of nitrogens with one attached hydrogen (secondary N) is 1. The van der Waals surface area contributed by atoms with Gasteiger partial charge >= 0.3 is 0 Å². The van der Waals surface area contributed by atoms with Crippen molar-refractivity contribution in [2.75, 3.05) is 11.5 Å². The molecule has 4 rings (SSSR count). The lowest BCUT2D eigenvalue weighted by Crippen LogP contribution is -2.66. The predicted octanol–water partition coefficient (Wildman–Crippen LogP) is 3.10. The van der Waals surface area contributed by atoms with Gasteiger partial charge in [-0.1, -0.05) is 6.42 Å². The summed E-state index contributed by atoms with van der Waals surface area (Å²) in [5, 5.41) is 6.66. The Kier molecular flexibility index (Phi) is 4.39. The number of carbonyl (C=O) groups is 1. The summed E-state index contributed by atoms with van der Waals surface area (Å²) >= 11 is 1.59. The van der Waals surface area contributed by atoms with Gasteiger partial charge in [0.2, 0.25) is 5.91 Å². The predicted molar refractivity (Wildman–Crippen MR) is 95.2 cm³/mol. The number of hydrogen-bond donors (Lipinski definition) is 1. The number of aromatic nitrogens is 1. The minimum Gasteiger partial charge on any atom is -0.378 e. The lowest BCUT2D eigenvalue weighted by molar-refractivity contribution is -0.173. The second kappa shape index (κ2) is 6.39. The van der Waals surface area contributed by atoms with Crippen LogP contribution >= 0.6 is 11.3 Å². The molecule has 2 atom stereocenters. The zero-order chi connectivity index (χ0) is 16.7. The van der Waals surface area contributed by atoms with Gasteiger partial charge in [-0.25, -0.2) is 4.98 Å². The van der Waals surface area contributed by atoms with Crippen LogP contribution in [0.1, 0.15) is 58.1 Å². The number of hydrogen-bond acceptors (Lipinski definition) is 5. The van der Waals surface area contributed by atoms with Crippen molar-refractivity contribution in [3.05, 3.63) is 11.1 Å². The maximum atomic E-state index is 11.8. The van der Waals surface area contributed by atoms with E-state index in [2.05, 4.69) is 17.6 Å². The van der Waals surface area contributed by atoms with Crippen molar-refractivity contribution in [2.24, 2.45) is 5.41 Å². The average molecular weight is 350 g/mol. The summed E-state index contributed by atoms with van der Waals surface area (Å²) in [6.45, 7) is 5.33. The van der Waals surface area contributed by atoms with Crippen LogP contribution in [-0.4, -0.2) is 35.7 Å². The second-order valence-corrected chi connectivity index (χ2v) is 8.28. The molecule has 0 unspecified atom stereocenters. The van der Waals surface area contributed by atoms with Gasteiger partial charge in [-0.15, -0.1) is 11.3 Å². The lowest BCUT2D eigenvalue weighted by Gasteiger charge is -2.61. The molecule has 0 radical (unpaired) electrons. The van der Waals surface area contributed by atoms with Crippen molar-refractivity contribution in [3.63, 3.8) is 0 Å². The third-order valence-corrected chi connectivity index (χ3v) is 6.85. The number of ether oxygens (including phenoxy) is 1. The van der Waals surface area contributed by atoms with Gasteiger partial charge in [0.25, 0.3) is 0 Å². The van der Waals surface area contributed by atoms with Crippen LogP contribution in [0.5, 0.6) is 0 Å². The topological polar surface area (TPSA) is 54.5 Å². The first-order chi connectivity index (χ1) is 11.6. The van der Waals surface area contributed by atoms with Crippen molar-refractivity contribution in [2.45, 2.75) is 77.1 Å². The van der Waals surface area contributed by atoms with Gasteiger partial charge in [-0.3, -0.25) is 9.69 Å². The Balaban J connectivity index is 1.35. The largest absolute Gasteiger partial charge is 0.378 e. The fourth-order valence-electron chi connectivity index (χ4n) is 4.32. The maximum Gasteiger partial charge on any atom is 0.225 e. The number of thiazole rings is 1. The molecule has 0 saturated heterocycles. The van der Waals surface area contributed by atoms with E-state index in [0.29, 0.717) is 23.6 Å². The smallest absolute Gasteiger partial charge is 0.225 e. The highest BCUT2D eigenvalue weighted by molar-refractivity contribution is 7.14. The van der Waals surface area contributed by atoms with E-state index in [1.807, 2.05) is 4.90 Å². The Bertz CT molecular complexity index is 609. The van der Waals surface area contributed by atoms with Gasteiger partial charge in [0, 0.05) is 43.0 Å². The van der Waals surface area contributed by atoms with E-state index in [1.54, 1.807) is 18.3 Å². The van der Waals surface area contributed by atoms with Crippen molar-refractivity contribution in [3.8, 4) is 0 Å². The fourth-order valence-corrected chi connectivity index (χ4v) is 5.26. The van der Waals surface area contributed by atoms with Crippen LogP contribution < -0.4 is 10.2 Å². The first kappa shape index (κ1) is 16.5. The molecular weight excluding hydrogens is 322 g/mol. The van der Waals surface area contributed by atoms with Gasteiger partial charge in [-0.2, -0.15) is 0 Å². The third kappa shape index (κ3) is 2.78. The molecule has 3 aliphatic rings. The van der Waals surface area contributed by atoms with Crippen molar-refractivity contribution in [1.29, 1.82) is 0 Å². The zero-order valence-electron chi connectivity index (χ0n) is 14.6. The fraction of sp³-hybridized carbons (Fsp3) is 0.778. The van der Waals surface area contributed by atoms with Crippen LogP contribution in [-0.2, 0) is 16.1 Å². The Morgan fingerprint density at radius 1 is 1.50 bits per heavy atom. The van der Waals surface area contributed by atoms with Gasteiger partial charge < -0.3 is 10.1 Å². The van der Waals surface area contributed by atoms with E-state index in [9.17, 15) is 4.79 Å².